The van der Waals surface area contributed by atoms with Crippen molar-refractivity contribution in [2.24, 2.45) is 0 Å². The number of ether oxygens (including phenoxy) is 2. The first kappa shape index (κ1) is 29.2. The molecule has 3 aromatic rings. The largest absolute Gasteiger partial charge is 0.507 e. The number of carboxylic acids is 1. The van der Waals surface area contributed by atoms with Crippen LogP contribution in [0.3, 0.4) is 0 Å². The fourth-order valence-electron chi connectivity index (χ4n) is 5.11. The highest BCUT2D eigenvalue weighted by molar-refractivity contribution is 6.11. The van der Waals surface area contributed by atoms with Crippen LogP contribution in [-0.4, -0.2) is 84.3 Å². The van der Waals surface area contributed by atoms with Gasteiger partial charge in [0.2, 0.25) is 6.29 Å². The smallest absolute Gasteiger partial charge is 0.335 e. The standard InChI is InChI=1S/C29H32O11/c1-3-29(38)20(13-30)40-28(25(34)26(29)35)39-19-12-16(27(36)37)11-17-22(19)24(33)21(14(2)23(17)32)18(31)10-9-15-7-5-4-6-8-15/h4-8,11-12,20,25-26,28,30,32-35,38H,3,9-10,13H2,1-2H3,(H,36,37). The van der Waals surface area contributed by atoms with E-state index in [0.29, 0.717) is 6.42 Å². The number of carbonyl (C=O) groups excluding carboxylic acids is 1. The molecule has 11 heteroatoms. The molecule has 1 heterocycles. The molecule has 0 bridgehead atoms. The van der Waals surface area contributed by atoms with Crippen LogP contribution < -0.4 is 4.74 Å². The lowest BCUT2D eigenvalue weighted by atomic mass is 9.82. The molecule has 0 amide bonds. The lowest BCUT2D eigenvalue weighted by molar-refractivity contribution is -0.313. The van der Waals surface area contributed by atoms with Gasteiger partial charge >= 0.3 is 5.97 Å². The second-order valence-corrected chi connectivity index (χ2v) is 9.88. The van der Waals surface area contributed by atoms with Crippen molar-refractivity contribution in [3.05, 3.63) is 64.7 Å². The summed E-state index contributed by atoms with van der Waals surface area (Å²) in [6.07, 6.45) is -6.51. The van der Waals surface area contributed by atoms with Crippen LogP contribution in [0.2, 0.25) is 0 Å². The predicted octanol–water partition coefficient (Wildman–Crippen LogP) is 2.03. The van der Waals surface area contributed by atoms with Gasteiger partial charge in [-0.25, -0.2) is 4.79 Å². The van der Waals surface area contributed by atoms with Crippen molar-refractivity contribution in [3.63, 3.8) is 0 Å². The molecule has 214 valence electrons. The molecule has 0 saturated carbocycles. The van der Waals surface area contributed by atoms with E-state index in [1.807, 2.05) is 30.3 Å². The van der Waals surface area contributed by atoms with E-state index in [4.69, 9.17) is 9.47 Å². The topological polar surface area (TPSA) is 194 Å². The number of rotatable bonds is 9. The maximum atomic E-state index is 13.3. The SMILES string of the molecule is CCC1(O)C(CO)OC(Oc2cc(C(=O)O)cc3c(O)c(C)c(C(=O)CCc4ccccc4)c(O)c23)C(O)C1O. The Morgan fingerprint density at radius 3 is 2.35 bits per heavy atom. The molecule has 40 heavy (non-hydrogen) atoms. The Kier molecular flexibility index (Phi) is 8.33. The molecule has 0 aliphatic carbocycles. The summed E-state index contributed by atoms with van der Waals surface area (Å²) >= 11 is 0. The molecular weight excluding hydrogens is 524 g/mol. The Hall–Kier alpha value is -3.74. The summed E-state index contributed by atoms with van der Waals surface area (Å²) in [7, 11) is 0. The highest BCUT2D eigenvalue weighted by atomic mass is 16.7. The zero-order valence-corrected chi connectivity index (χ0v) is 21.9. The molecule has 0 radical (unpaired) electrons. The minimum absolute atomic E-state index is 0.00279. The van der Waals surface area contributed by atoms with Crippen LogP contribution in [0.5, 0.6) is 17.2 Å². The van der Waals surface area contributed by atoms with E-state index in [1.165, 1.54) is 13.8 Å². The number of fused-ring (bicyclic) bond motifs is 1. The number of phenols is 2. The van der Waals surface area contributed by atoms with Crippen LogP contribution in [0, 0.1) is 6.92 Å². The zero-order chi connectivity index (χ0) is 29.4. The maximum absolute atomic E-state index is 13.3. The van der Waals surface area contributed by atoms with Crippen molar-refractivity contribution in [3.8, 4) is 17.2 Å². The highest BCUT2D eigenvalue weighted by Gasteiger charge is 2.54. The van der Waals surface area contributed by atoms with E-state index >= 15 is 0 Å². The molecular formula is C29H32O11. The molecule has 1 fully saturated rings. The van der Waals surface area contributed by atoms with Crippen molar-refractivity contribution in [1.82, 2.24) is 0 Å². The number of aliphatic hydroxyl groups excluding tert-OH is 3. The molecule has 1 aliphatic rings. The maximum Gasteiger partial charge on any atom is 0.335 e. The lowest BCUT2D eigenvalue weighted by Gasteiger charge is -2.47. The molecule has 5 atom stereocenters. The van der Waals surface area contributed by atoms with Gasteiger partial charge in [0.1, 0.15) is 41.2 Å². The van der Waals surface area contributed by atoms with Gasteiger partial charge < -0.3 is 45.2 Å². The van der Waals surface area contributed by atoms with Crippen LogP contribution in [0.1, 0.15) is 51.6 Å². The number of aliphatic hydroxyl groups is 4. The van der Waals surface area contributed by atoms with Crippen molar-refractivity contribution < 1.29 is 54.8 Å². The summed E-state index contributed by atoms with van der Waals surface area (Å²) in [5.74, 6) is -3.30. The van der Waals surface area contributed by atoms with Gasteiger partial charge in [-0.3, -0.25) is 4.79 Å². The Morgan fingerprint density at radius 1 is 1.07 bits per heavy atom. The first-order valence-corrected chi connectivity index (χ1v) is 12.8. The molecule has 11 nitrogen and oxygen atoms in total. The van der Waals surface area contributed by atoms with Crippen LogP contribution >= 0.6 is 0 Å². The molecule has 1 aliphatic heterocycles. The summed E-state index contributed by atoms with van der Waals surface area (Å²) in [5.41, 5.74) is -1.62. The van der Waals surface area contributed by atoms with E-state index in [9.17, 15) is 45.3 Å². The van der Waals surface area contributed by atoms with E-state index in [0.717, 1.165) is 17.7 Å². The highest BCUT2D eigenvalue weighted by Crippen LogP contribution is 2.46. The average Bonchev–Trinajstić information content (AvgIpc) is 2.95. The Balaban J connectivity index is 1.81. The number of phenolic OH excluding ortho intramolecular Hbond substituents is 2. The normalized spacial score (nSPS) is 24.6. The van der Waals surface area contributed by atoms with Gasteiger partial charge in [0.25, 0.3) is 0 Å². The first-order chi connectivity index (χ1) is 18.9. The first-order valence-electron chi connectivity index (χ1n) is 12.8. The van der Waals surface area contributed by atoms with Crippen molar-refractivity contribution >= 4 is 22.5 Å². The van der Waals surface area contributed by atoms with Crippen molar-refractivity contribution in [2.75, 3.05) is 6.61 Å². The van der Waals surface area contributed by atoms with Crippen LogP contribution in [-0.2, 0) is 11.2 Å². The molecule has 0 spiro atoms. The molecule has 5 unspecified atom stereocenters. The van der Waals surface area contributed by atoms with E-state index in [-0.39, 0.29) is 46.1 Å². The quantitative estimate of drug-likeness (QED) is 0.151. The van der Waals surface area contributed by atoms with Crippen molar-refractivity contribution in [2.45, 2.75) is 63.3 Å². The zero-order valence-electron chi connectivity index (χ0n) is 21.9. The number of carboxylic acid groups (broad SMARTS) is 1. The number of ketones is 1. The third-order valence-electron chi connectivity index (χ3n) is 7.52. The Labute approximate surface area is 229 Å². The van der Waals surface area contributed by atoms with Gasteiger partial charge in [-0.15, -0.1) is 0 Å². The number of benzene rings is 3. The average molecular weight is 557 g/mol. The summed E-state index contributed by atoms with van der Waals surface area (Å²) in [5, 5.41) is 73.4. The van der Waals surface area contributed by atoms with Gasteiger partial charge in [-0.2, -0.15) is 0 Å². The summed E-state index contributed by atoms with van der Waals surface area (Å²) < 4.78 is 11.3. The number of Topliss-reactive ketones (excluding diaryl/α,β-unsaturated/α-hetero) is 1. The number of carbonyl (C=O) groups is 2. The lowest BCUT2D eigenvalue weighted by Crippen LogP contribution is -2.67. The Bertz CT molecular complexity index is 1420. The minimum atomic E-state index is -2.01. The van der Waals surface area contributed by atoms with Gasteiger partial charge in [-0.1, -0.05) is 37.3 Å². The fourth-order valence-corrected chi connectivity index (χ4v) is 5.11. The number of aryl methyl sites for hydroxylation is 1. The van der Waals surface area contributed by atoms with E-state index in [2.05, 4.69) is 0 Å². The molecule has 0 aromatic heterocycles. The molecule has 7 N–H and O–H groups in total. The second kappa shape index (κ2) is 11.4. The summed E-state index contributed by atoms with van der Waals surface area (Å²) in [4.78, 5) is 25.1. The fraction of sp³-hybridized carbons (Fsp3) is 0.379. The van der Waals surface area contributed by atoms with Gasteiger partial charge in [-0.05, 0) is 37.5 Å². The summed E-state index contributed by atoms with van der Waals surface area (Å²) in [6.45, 7) is 2.20. The predicted molar refractivity (Wildman–Crippen MR) is 142 cm³/mol. The van der Waals surface area contributed by atoms with Gasteiger partial charge in [0.15, 0.2) is 5.78 Å². The van der Waals surface area contributed by atoms with Gasteiger partial charge in [0, 0.05) is 17.4 Å². The van der Waals surface area contributed by atoms with Crippen LogP contribution in [0.15, 0.2) is 42.5 Å². The van der Waals surface area contributed by atoms with Crippen LogP contribution in [0.4, 0.5) is 0 Å². The number of aromatic carboxylic acids is 1. The molecule has 3 aromatic carbocycles. The monoisotopic (exact) mass is 556 g/mol. The molecule has 4 rings (SSSR count). The third kappa shape index (κ3) is 5.09. The third-order valence-corrected chi connectivity index (χ3v) is 7.52. The number of hydrogen-bond donors (Lipinski definition) is 7. The van der Waals surface area contributed by atoms with E-state index in [1.54, 1.807) is 0 Å². The van der Waals surface area contributed by atoms with Gasteiger partial charge in [0.05, 0.1) is 23.1 Å². The van der Waals surface area contributed by atoms with E-state index < -0.39 is 60.1 Å². The number of aromatic hydroxyl groups is 2. The Morgan fingerprint density at radius 2 is 1.75 bits per heavy atom. The molecule has 1 saturated heterocycles. The number of hydrogen-bond acceptors (Lipinski definition) is 10. The second-order valence-electron chi connectivity index (χ2n) is 9.88. The van der Waals surface area contributed by atoms with Crippen molar-refractivity contribution in [1.29, 1.82) is 0 Å². The van der Waals surface area contributed by atoms with Crippen LogP contribution in [0.25, 0.3) is 10.8 Å². The summed E-state index contributed by atoms with van der Waals surface area (Å²) in [6, 6.07) is 11.3. The minimum Gasteiger partial charge on any atom is -0.507 e.